The van der Waals surface area contributed by atoms with Gasteiger partial charge in [0.05, 0.1) is 0 Å². The fraction of sp³-hybridized carbons (Fsp3) is 1.00. The van der Waals surface area contributed by atoms with Crippen LogP contribution in [-0.2, 0) is 0 Å². The lowest BCUT2D eigenvalue weighted by Crippen LogP contribution is -2.29. The van der Waals surface area contributed by atoms with Crippen LogP contribution >= 0.6 is 0 Å². The number of hydrogen-bond acceptors (Lipinski definition) is 4. The van der Waals surface area contributed by atoms with Gasteiger partial charge in [-0.05, 0) is 79.4 Å². The molecule has 104 valence electrons. The fourth-order valence-corrected chi connectivity index (χ4v) is 1.55. The molecule has 0 saturated heterocycles. The van der Waals surface area contributed by atoms with Gasteiger partial charge in [0.25, 0.3) is 0 Å². The third kappa shape index (κ3) is 12.1. The molecule has 0 saturated carbocycles. The van der Waals surface area contributed by atoms with E-state index in [0.717, 1.165) is 39.1 Å². The molecule has 0 aromatic heterocycles. The van der Waals surface area contributed by atoms with Crippen LogP contribution < -0.4 is 16.4 Å². The molecule has 0 heterocycles. The van der Waals surface area contributed by atoms with E-state index in [9.17, 15) is 0 Å². The number of rotatable bonds is 12. The highest BCUT2D eigenvalue weighted by Crippen LogP contribution is 1.96. The van der Waals surface area contributed by atoms with Gasteiger partial charge in [-0.15, -0.1) is 0 Å². The van der Waals surface area contributed by atoms with E-state index >= 15 is 0 Å². The Balaban J connectivity index is 3.03. The fourth-order valence-electron chi connectivity index (χ4n) is 1.55. The van der Waals surface area contributed by atoms with Crippen LogP contribution in [0, 0.1) is 0 Å². The average Bonchev–Trinajstić information content (AvgIpc) is 2.31. The van der Waals surface area contributed by atoms with E-state index in [4.69, 9.17) is 5.73 Å². The number of nitrogens with one attached hydrogen (secondary N) is 2. The van der Waals surface area contributed by atoms with Crippen molar-refractivity contribution < 1.29 is 0 Å². The third-order valence-electron chi connectivity index (χ3n) is 3.14. The van der Waals surface area contributed by atoms with Gasteiger partial charge in [0, 0.05) is 6.04 Å². The van der Waals surface area contributed by atoms with E-state index in [1.54, 1.807) is 0 Å². The van der Waals surface area contributed by atoms with Crippen LogP contribution in [0.1, 0.15) is 32.6 Å². The second-order valence-electron chi connectivity index (χ2n) is 4.95. The average molecular weight is 244 g/mol. The molecule has 0 aliphatic carbocycles. The van der Waals surface area contributed by atoms with Crippen molar-refractivity contribution in [3.05, 3.63) is 0 Å². The van der Waals surface area contributed by atoms with Gasteiger partial charge in [0.1, 0.15) is 0 Å². The summed E-state index contributed by atoms with van der Waals surface area (Å²) in [6, 6.07) is 0.667. The molecule has 0 rings (SSSR count). The summed E-state index contributed by atoms with van der Waals surface area (Å²) < 4.78 is 0. The topological polar surface area (TPSA) is 53.3 Å². The largest absolute Gasteiger partial charge is 0.330 e. The normalized spacial score (nSPS) is 13.2. The van der Waals surface area contributed by atoms with Crippen molar-refractivity contribution in [2.45, 2.75) is 38.6 Å². The summed E-state index contributed by atoms with van der Waals surface area (Å²) in [4.78, 5) is 2.27. The highest BCUT2D eigenvalue weighted by atomic mass is 15.1. The first-order valence-corrected chi connectivity index (χ1v) is 6.96. The minimum Gasteiger partial charge on any atom is -0.330 e. The van der Waals surface area contributed by atoms with E-state index < -0.39 is 0 Å². The van der Waals surface area contributed by atoms with Gasteiger partial charge in [-0.1, -0.05) is 0 Å². The number of nitrogens with two attached hydrogens (primary N) is 1. The Morgan fingerprint density at radius 3 is 2.00 bits per heavy atom. The molecule has 1 unspecified atom stereocenters. The lowest BCUT2D eigenvalue weighted by Gasteiger charge is -2.19. The molecule has 4 N–H and O–H groups in total. The maximum absolute atomic E-state index is 5.42. The molecular weight excluding hydrogens is 212 g/mol. The van der Waals surface area contributed by atoms with Gasteiger partial charge < -0.3 is 21.3 Å². The summed E-state index contributed by atoms with van der Waals surface area (Å²) in [5.74, 6) is 0. The summed E-state index contributed by atoms with van der Waals surface area (Å²) >= 11 is 0. The summed E-state index contributed by atoms with van der Waals surface area (Å²) in [5, 5.41) is 6.89. The van der Waals surface area contributed by atoms with Gasteiger partial charge in [0.2, 0.25) is 0 Å². The van der Waals surface area contributed by atoms with Crippen LogP contribution in [-0.4, -0.2) is 57.8 Å². The Kier molecular flexibility index (Phi) is 12.2. The molecule has 0 aliphatic heterocycles. The highest BCUT2D eigenvalue weighted by molar-refractivity contribution is 4.61. The summed E-state index contributed by atoms with van der Waals surface area (Å²) in [7, 11) is 4.27. The Hall–Kier alpha value is -0.160. The molecule has 0 amide bonds. The Morgan fingerprint density at radius 2 is 1.47 bits per heavy atom. The van der Waals surface area contributed by atoms with Crippen molar-refractivity contribution >= 4 is 0 Å². The van der Waals surface area contributed by atoms with Gasteiger partial charge in [-0.2, -0.15) is 0 Å². The van der Waals surface area contributed by atoms with E-state index in [0.29, 0.717) is 6.04 Å². The lowest BCUT2D eigenvalue weighted by atomic mass is 10.2. The molecule has 1 atom stereocenters. The molecule has 17 heavy (non-hydrogen) atoms. The van der Waals surface area contributed by atoms with Crippen molar-refractivity contribution in [1.82, 2.24) is 15.5 Å². The molecule has 0 aromatic carbocycles. The van der Waals surface area contributed by atoms with Gasteiger partial charge >= 0.3 is 0 Å². The SMILES string of the molecule is CC(CCNCCCCNCCCN)N(C)C. The summed E-state index contributed by atoms with van der Waals surface area (Å²) in [6.45, 7) is 7.50. The zero-order chi connectivity index (χ0) is 12.9. The van der Waals surface area contributed by atoms with E-state index in [2.05, 4.69) is 36.6 Å². The summed E-state index contributed by atoms with van der Waals surface area (Å²) in [6.07, 6.45) is 4.81. The predicted molar refractivity (Wildman–Crippen MR) is 76.4 cm³/mol. The van der Waals surface area contributed by atoms with Crippen molar-refractivity contribution in [2.24, 2.45) is 5.73 Å². The first kappa shape index (κ1) is 16.8. The van der Waals surface area contributed by atoms with Crippen LogP contribution in [0.25, 0.3) is 0 Å². The molecular formula is C13H32N4. The minimum absolute atomic E-state index is 0.667. The number of unbranched alkanes of at least 4 members (excludes halogenated alkanes) is 1. The van der Waals surface area contributed by atoms with Crippen LogP contribution in [0.5, 0.6) is 0 Å². The van der Waals surface area contributed by atoms with E-state index in [1.165, 1.54) is 19.3 Å². The lowest BCUT2D eigenvalue weighted by molar-refractivity contribution is 0.295. The zero-order valence-electron chi connectivity index (χ0n) is 12.0. The maximum atomic E-state index is 5.42. The third-order valence-corrected chi connectivity index (χ3v) is 3.14. The second kappa shape index (κ2) is 12.3. The Bertz CT molecular complexity index is 150. The predicted octanol–water partition coefficient (Wildman–Crippen LogP) is 0.635. The summed E-state index contributed by atoms with van der Waals surface area (Å²) in [5.41, 5.74) is 5.42. The van der Waals surface area contributed by atoms with Crippen LogP contribution in [0.15, 0.2) is 0 Å². The first-order chi connectivity index (χ1) is 8.18. The monoisotopic (exact) mass is 244 g/mol. The van der Waals surface area contributed by atoms with Gasteiger partial charge in [0.15, 0.2) is 0 Å². The molecule has 0 fully saturated rings. The Morgan fingerprint density at radius 1 is 0.941 bits per heavy atom. The first-order valence-electron chi connectivity index (χ1n) is 6.96. The van der Waals surface area contributed by atoms with Crippen molar-refractivity contribution in [2.75, 3.05) is 46.8 Å². The van der Waals surface area contributed by atoms with E-state index in [-0.39, 0.29) is 0 Å². The molecule has 0 spiro atoms. The van der Waals surface area contributed by atoms with Crippen LogP contribution in [0.4, 0.5) is 0 Å². The molecule has 0 bridgehead atoms. The minimum atomic E-state index is 0.667. The van der Waals surface area contributed by atoms with Crippen molar-refractivity contribution in [3.8, 4) is 0 Å². The maximum Gasteiger partial charge on any atom is 0.00729 e. The molecule has 0 aliphatic rings. The smallest absolute Gasteiger partial charge is 0.00729 e. The van der Waals surface area contributed by atoms with Crippen molar-refractivity contribution in [3.63, 3.8) is 0 Å². The second-order valence-corrected chi connectivity index (χ2v) is 4.95. The highest BCUT2D eigenvalue weighted by Gasteiger charge is 2.02. The van der Waals surface area contributed by atoms with Gasteiger partial charge in [-0.25, -0.2) is 0 Å². The quantitative estimate of drug-likeness (QED) is 0.441. The Labute approximate surface area is 107 Å². The van der Waals surface area contributed by atoms with Crippen molar-refractivity contribution in [1.29, 1.82) is 0 Å². The molecule has 4 heteroatoms. The number of nitrogens with zero attached hydrogens (tertiary/aromatic N) is 1. The van der Waals surface area contributed by atoms with Gasteiger partial charge in [-0.3, -0.25) is 0 Å². The van der Waals surface area contributed by atoms with Crippen LogP contribution in [0.3, 0.4) is 0 Å². The molecule has 0 aromatic rings. The van der Waals surface area contributed by atoms with E-state index in [1.807, 2.05) is 0 Å². The molecule has 0 radical (unpaired) electrons. The van der Waals surface area contributed by atoms with Crippen LogP contribution in [0.2, 0.25) is 0 Å². The standard InChI is InChI=1S/C13H32N4/c1-13(17(2)3)7-12-16-10-5-4-9-15-11-6-8-14/h13,15-16H,4-12,14H2,1-3H3. The zero-order valence-corrected chi connectivity index (χ0v) is 12.0. The number of hydrogen-bond donors (Lipinski definition) is 3. The molecule has 4 nitrogen and oxygen atoms in total.